The maximum atomic E-state index is 12.9. The molecule has 0 radical (unpaired) electrons. The first-order valence-corrected chi connectivity index (χ1v) is 9.27. The van der Waals surface area contributed by atoms with Crippen molar-refractivity contribution in [2.45, 2.75) is 25.7 Å². The van der Waals surface area contributed by atoms with E-state index >= 15 is 0 Å². The molecule has 4 rings (SSSR count). The highest BCUT2D eigenvalue weighted by atomic mass is 16.5. The van der Waals surface area contributed by atoms with Crippen molar-refractivity contribution in [3.05, 3.63) is 65.4 Å². The predicted octanol–water partition coefficient (Wildman–Crippen LogP) is 3.46. The van der Waals surface area contributed by atoms with E-state index in [4.69, 9.17) is 18.6 Å². The lowest BCUT2D eigenvalue weighted by atomic mass is 10.1. The molecule has 2 aromatic carbocycles. The van der Waals surface area contributed by atoms with Gasteiger partial charge in [0, 0.05) is 12.5 Å². The first kappa shape index (κ1) is 18.5. The van der Waals surface area contributed by atoms with Gasteiger partial charge in [0.25, 0.3) is 5.91 Å². The van der Waals surface area contributed by atoms with Gasteiger partial charge in [-0.25, -0.2) is 0 Å². The second-order valence-corrected chi connectivity index (χ2v) is 6.86. The Morgan fingerprint density at radius 3 is 2.79 bits per heavy atom. The van der Waals surface area contributed by atoms with Crippen LogP contribution in [0.25, 0.3) is 11.0 Å². The molecular formula is C22H23NO5. The SMILES string of the molecule is CO[C@H]1COC[C@@H]1NC(=O)c1c(C)oc2ccc(OCc3ccccc3)cc12. The average molecular weight is 381 g/mol. The van der Waals surface area contributed by atoms with Gasteiger partial charge in [0.2, 0.25) is 0 Å². The summed E-state index contributed by atoms with van der Waals surface area (Å²) in [6.07, 6.45) is -0.146. The number of fused-ring (bicyclic) bond motifs is 1. The van der Waals surface area contributed by atoms with E-state index in [1.54, 1.807) is 14.0 Å². The molecular weight excluding hydrogens is 358 g/mol. The number of nitrogens with one attached hydrogen (secondary N) is 1. The normalized spacial score (nSPS) is 19.1. The van der Waals surface area contributed by atoms with Gasteiger partial charge in [0.1, 0.15) is 29.8 Å². The number of rotatable bonds is 6. The topological polar surface area (TPSA) is 69.9 Å². The lowest BCUT2D eigenvalue weighted by Crippen LogP contribution is -2.43. The lowest BCUT2D eigenvalue weighted by molar-refractivity contribution is 0.0685. The van der Waals surface area contributed by atoms with Gasteiger partial charge in [-0.15, -0.1) is 0 Å². The van der Waals surface area contributed by atoms with Crippen molar-refractivity contribution >= 4 is 16.9 Å². The van der Waals surface area contributed by atoms with E-state index in [2.05, 4.69) is 5.32 Å². The fraction of sp³-hybridized carbons (Fsp3) is 0.318. The van der Waals surface area contributed by atoms with Gasteiger partial charge in [-0.2, -0.15) is 0 Å². The second-order valence-electron chi connectivity index (χ2n) is 6.86. The van der Waals surface area contributed by atoms with Gasteiger partial charge < -0.3 is 23.9 Å². The molecule has 6 nitrogen and oxygen atoms in total. The molecule has 1 amide bonds. The van der Waals surface area contributed by atoms with E-state index in [9.17, 15) is 4.79 Å². The van der Waals surface area contributed by atoms with Crippen LogP contribution in [0.5, 0.6) is 5.75 Å². The first-order valence-electron chi connectivity index (χ1n) is 9.27. The summed E-state index contributed by atoms with van der Waals surface area (Å²) in [7, 11) is 1.62. The summed E-state index contributed by atoms with van der Waals surface area (Å²) in [5.74, 6) is 1.06. The van der Waals surface area contributed by atoms with E-state index < -0.39 is 0 Å². The van der Waals surface area contributed by atoms with Gasteiger partial charge in [-0.05, 0) is 30.7 Å². The highest BCUT2D eigenvalue weighted by Crippen LogP contribution is 2.29. The minimum Gasteiger partial charge on any atom is -0.489 e. The number of hydrogen-bond acceptors (Lipinski definition) is 5. The van der Waals surface area contributed by atoms with Crippen LogP contribution in [0.2, 0.25) is 0 Å². The molecule has 3 aromatic rings. The van der Waals surface area contributed by atoms with Crippen molar-refractivity contribution in [1.29, 1.82) is 0 Å². The smallest absolute Gasteiger partial charge is 0.255 e. The summed E-state index contributed by atoms with van der Waals surface area (Å²) < 4.78 is 22.5. The van der Waals surface area contributed by atoms with Gasteiger partial charge >= 0.3 is 0 Å². The van der Waals surface area contributed by atoms with Gasteiger partial charge in [0.15, 0.2) is 0 Å². The summed E-state index contributed by atoms with van der Waals surface area (Å²) >= 11 is 0. The number of aryl methyl sites for hydroxylation is 1. The Labute approximate surface area is 163 Å². The molecule has 0 saturated carbocycles. The Balaban J connectivity index is 1.55. The van der Waals surface area contributed by atoms with Crippen LogP contribution in [-0.2, 0) is 16.1 Å². The molecule has 1 aromatic heterocycles. The van der Waals surface area contributed by atoms with E-state index in [1.807, 2.05) is 48.5 Å². The van der Waals surface area contributed by atoms with Gasteiger partial charge in [0.05, 0.1) is 24.8 Å². The van der Waals surface area contributed by atoms with E-state index in [1.165, 1.54) is 0 Å². The number of carbonyl (C=O) groups excluding carboxylic acids is 1. The zero-order valence-electron chi connectivity index (χ0n) is 15.9. The molecule has 2 heterocycles. The number of carbonyl (C=O) groups is 1. The summed E-state index contributed by atoms with van der Waals surface area (Å²) in [5, 5.41) is 3.73. The zero-order valence-corrected chi connectivity index (χ0v) is 15.9. The Morgan fingerprint density at radius 1 is 1.18 bits per heavy atom. The molecule has 1 aliphatic heterocycles. The zero-order chi connectivity index (χ0) is 19.5. The maximum Gasteiger partial charge on any atom is 0.255 e. The highest BCUT2D eigenvalue weighted by molar-refractivity contribution is 6.07. The second kappa shape index (κ2) is 8.04. The molecule has 146 valence electrons. The molecule has 1 N–H and O–H groups in total. The number of ether oxygens (including phenoxy) is 3. The Kier molecular flexibility index (Phi) is 5.32. The monoisotopic (exact) mass is 381 g/mol. The van der Waals surface area contributed by atoms with Gasteiger partial charge in [-0.3, -0.25) is 4.79 Å². The summed E-state index contributed by atoms with van der Waals surface area (Å²) in [6, 6.07) is 15.3. The van der Waals surface area contributed by atoms with Crippen LogP contribution in [0.15, 0.2) is 52.9 Å². The first-order chi connectivity index (χ1) is 13.7. The van der Waals surface area contributed by atoms with Crippen molar-refractivity contribution in [2.24, 2.45) is 0 Å². The van der Waals surface area contributed by atoms with Crippen LogP contribution >= 0.6 is 0 Å². The van der Waals surface area contributed by atoms with Crippen LogP contribution in [0.1, 0.15) is 21.7 Å². The molecule has 28 heavy (non-hydrogen) atoms. The summed E-state index contributed by atoms with van der Waals surface area (Å²) in [6.45, 7) is 3.16. The van der Waals surface area contributed by atoms with Crippen LogP contribution in [-0.4, -0.2) is 38.4 Å². The number of hydrogen-bond donors (Lipinski definition) is 1. The standard InChI is InChI=1S/C22H23NO5/c1-14-21(22(24)23-18-12-26-13-20(18)25-2)17-10-16(8-9-19(17)28-14)27-11-15-6-4-3-5-7-15/h3-10,18,20H,11-13H2,1-2H3,(H,23,24)/t18-,20-/m0/s1. The van der Waals surface area contributed by atoms with Crippen LogP contribution < -0.4 is 10.1 Å². The fourth-order valence-corrected chi connectivity index (χ4v) is 3.45. The van der Waals surface area contributed by atoms with Crippen molar-refractivity contribution in [2.75, 3.05) is 20.3 Å². The fourth-order valence-electron chi connectivity index (χ4n) is 3.45. The molecule has 1 saturated heterocycles. The quantitative estimate of drug-likeness (QED) is 0.708. The molecule has 0 aliphatic carbocycles. The Hall–Kier alpha value is -2.83. The third-order valence-corrected chi connectivity index (χ3v) is 4.96. The molecule has 0 spiro atoms. The lowest BCUT2D eigenvalue weighted by Gasteiger charge is -2.17. The largest absolute Gasteiger partial charge is 0.489 e. The predicted molar refractivity (Wildman–Crippen MR) is 105 cm³/mol. The van der Waals surface area contributed by atoms with Crippen molar-refractivity contribution in [3.63, 3.8) is 0 Å². The molecule has 6 heteroatoms. The minimum absolute atomic E-state index is 0.146. The van der Waals surface area contributed by atoms with E-state index in [0.717, 1.165) is 10.9 Å². The molecule has 0 bridgehead atoms. The Bertz CT molecular complexity index is 966. The Morgan fingerprint density at radius 2 is 2.00 bits per heavy atom. The van der Waals surface area contributed by atoms with Crippen LogP contribution in [0, 0.1) is 6.92 Å². The van der Waals surface area contributed by atoms with Crippen LogP contribution in [0.4, 0.5) is 0 Å². The minimum atomic E-state index is -0.200. The maximum absolute atomic E-state index is 12.9. The summed E-state index contributed by atoms with van der Waals surface area (Å²) in [5.41, 5.74) is 2.25. The number of benzene rings is 2. The number of furan rings is 1. The molecule has 2 atom stereocenters. The van der Waals surface area contributed by atoms with Crippen molar-refractivity contribution < 1.29 is 23.4 Å². The number of amides is 1. The van der Waals surface area contributed by atoms with E-state index in [-0.39, 0.29) is 18.1 Å². The average Bonchev–Trinajstić information content (AvgIpc) is 3.29. The number of methoxy groups -OCH3 is 1. The van der Waals surface area contributed by atoms with Crippen LogP contribution in [0.3, 0.4) is 0 Å². The summed E-state index contributed by atoms with van der Waals surface area (Å²) in [4.78, 5) is 12.9. The third kappa shape index (κ3) is 3.74. The van der Waals surface area contributed by atoms with E-state index in [0.29, 0.717) is 42.5 Å². The third-order valence-electron chi connectivity index (χ3n) is 4.96. The molecule has 1 fully saturated rings. The van der Waals surface area contributed by atoms with Crippen molar-refractivity contribution in [3.8, 4) is 5.75 Å². The van der Waals surface area contributed by atoms with Crippen molar-refractivity contribution in [1.82, 2.24) is 5.32 Å². The molecule has 1 aliphatic rings. The molecule has 0 unspecified atom stereocenters. The highest BCUT2D eigenvalue weighted by Gasteiger charge is 2.31. The van der Waals surface area contributed by atoms with Gasteiger partial charge in [-0.1, -0.05) is 30.3 Å².